The highest BCUT2D eigenvalue weighted by Crippen LogP contribution is 2.46. The molecule has 23 heavy (non-hydrogen) atoms. The van der Waals surface area contributed by atoms with Crippen LogP contribution in [0.3, 0.4) is 0 Å². The van der Waals surface area contributed by atoms with Crippen molar-refractivity contribution < 1.29 is 14.3 Å². The molecule has 0 saturated heterocycles. The van der Waals surface area contributed by atoms with Crippen molar-refractivity contribution in [3.8, 4) is 11.5 Å². The molecule has 1 heterocycles. The largest absolute Gasteiger partial charge is 0.448 e. The first-order valence-corrected chi connectivity index (χ1v) is 8.13. The summed E-state index contributed by atoms with van der Waals surface area (Å²) in [6.07, 6.45) is 5.35. The number of hydrogen-bond donors (Lipinski definition) is 1. The van der Waals surface area contributed by atoms with Crippen LogP contribution >= 0.6 is 0 Å². The quantitative estimate of drug-likeness (QED) is 0.896. The molecule has 0 bridgehead atoms. The third kappa shape index (κ3) is 2.77. The molecule has 4 rings (SSSR count). The summed E-state index contributed by atoms with van der Waals surface area (Å²) in [7, 11) is 0. The SMILES string of the molecule is O=C(Nc1ccc2c(c1)OC1(CCCCC1)O2)c1ccccc1. The standard InChI is InChI=1S/C19H19NO3/c21-18(14-7-3-1-4-8-14)20-15-9-10-16-17(13-15)23-19(22-16)11-5-2-6-12-19/h1,3-4,7-10,13H,2,5-6,11-12H2,(H,20,21). The first kappa shape index (κ1) is 14.1. The average Bonchev–Trinajstić information content (AvgIpc) is 2.93. The van der Waals surface area contributed by atoms with Crippen molar-refractivity contribution in [2.75, 3.05) is 5.32 Å². The van der Waals surface area contributed by atoms with Gasteiger partial charge in [-0.3, -0.25) is 4.79 Å². The lowest BCUT2D eigenvalue weighted by Crippen LogP contribution is -2.40. The predicted molar refractivity (Wildman–Crippen MR) is 87.9 cm³/mol. The van der Waals surface area contributed by atoms with E-state index in [1.165, 1.54) is 6.42 Å². The van der Waals surface area contributed by atoms with E-state index in [0.29, 0.717) is 11.3 Å². The number of benzene rings is 2. The summed E-state index contributed by atoms with van der Waals surface area (Å²) in [5.41, 5.74) is 1.35. The summed E-state index contributed by atoms with van der Waals surface area (Å²) in [4.78, 5) is 12.2. The van der Waals surface area contributed by atoms with Crippen molar-refractivity contribution in [2.24, 2.45) is 0 Å². The van der Waals surface area contributed by atoms with E-state index in [1.807, 2.05) is 36.4 Å². The first-order valence-electron chi connectivity index (χ1n) is 8.13. The van der Waals surface area contributed by atoms with E-state index in [0.717, 1.165) is 37.2 Å². The molecule has 1 amide bonds. The fraction of sp³-hybridized carbons (Fsp3) is 0.316. The summed E-state index contributed by atoms with van der Waals surface area (Å²) < 4.78 is 12.1. The molecule has 4 heteroatoms. The maximum Gasteiger partial charge on any atom is 0.255 e. The molecule has 1 saturated carbocycles. The zero-order valence-electron chi connectivity index (χ0n) is 12.9. The van der Waals surface area contributed by atoms with Crippen LogP contribution in [0, 0.1) is 0 Å². The maximum absolute atomic E-state index is 12.2. The van der Waals surface area contributed by atoms with E-state index >= 15 is 0 Å². The number of amides is 1. The van der Waals surface area contributed by atoms with Crippen molar-refractivity contribution in [3.05, 3.63) is 54.1 Å². The number of carbonyl (C=O) groups excluding carboxylic acids is 1. The van der Waals surface area contributed by atoms with Crippen LogP contribution in [-0.2, 0) is 0 Å². The van der Waals surface area contributed by atoms with Gasteiger partial charge in [0, 0.05) is 30.2 Å². The third-order valence-electron chi connectivity index (χ3n) is 4.44. The minimum Gasteiger partial charge on any atom is -0.448 e. The summed E-state index contributed by atoms with van der Waals surface area (Å²) in [6.45, 7) is 0. The summed E-state index contributed by atoms with van der Waals surface area (Å²) >= 11 is 0. The fourth-order valence-corrected chi connectivity index (χ4v) is 3.26. The van der Waals surface area contributed by atoms with Gasteiger partial charge in [-0.05, 0) is 37.1 Å². The van der Waals surface area contributed by atoms with Gasteiger partial charge in [0.15, 0.2) is 11.5 Å². The van der Waals surface area contributed by atoms with Gasteiger partial charge in [-0.15, -0.1) is 0 Å². The molecule has 118 valence electrons. The van der Waals surface area contributed by atoms with Crippen LogP contribution in [0.25, 0.3) is 0 Å². The van der Waals surface area contributed by atoms with Crippen LogP contribution < -0.4 is 14.8 Å². The summed E-state index contributed by atoms with van der Waals surface area (Å²) in [5, 5.41) is 2.90. The number of nitrogens with one attached hydrogen (secondary N) is 1. The summed E-state index contributed by atoms with van der Waals surface area (Å²) in [5.74, 6) is 0.877. The van der Waals surface area contributed by atoms with E-state index in [9.17, 15) is 4.79 Å². The third-order valence-corrected chi connectivity index (χ3v) is 4.44. The second-order valence-corrected chi connectivity index (χ2v) is 6.16. The average molecular weight is 309 g/mol. The number of fused-ring (bicyclic) bond motifs is 1. The lowest BCUT2D eigenvalue weighted by atomic mass is 9.94. The second kappa shape index (κ2) is 5.61. The minimum absolute atomic E-state index is 0.128. The number of carbonyl (C=O) groups is 1. The highest BCUT2D eigenvalue weighted by Gasteiger charge is 2.42. The number of anilines is 1. The lowest BCUT2D eigenvalue weighted by Gasteiger charge is -2.31. The maximum atomic E-state index is 12.2. The molecule has 0 aromatic heterocycles. The van der Waals surface area contributed by atoms with Gasteiger partial charge in [0.05, 0.1) is 0 Å². The Kier molecular flexibility index (Phi) is 3.45. The highest BCUT2D eigenvalue weighted by molar-refractivity contribution is 6.04. The molecule has 2 aromatic rings. The van der Waals surface area contributed by atoms with Crippen molar-refractivity contribution in [3.63, 3.8) is 0 Å². The van der Waals surface area contributed by atoms with Gasteiger partial charge in [0.1, 0.15) is 0 Å². The Hall–Kier alpha value is -2.49. The normalized spacial score (nSPS) is 17.9. The van der Waals surface area contributed by atoms with Gasteiger partial charge < -0.3 is 14.8 Å². The van der Waals surface area contributed by atoms with Crippen molar-refractivity contribution >= 4 is 11.6 Å². The summed E-state index contributed by atoms with van der Waals surface area (Å²) in [6, 6.07) is 14.7. The van der Waals surface area contributed by atoms with Crippen LogP contribution in [-0.4, -0.2) is 11.7 Å². The van der Waals surface area contributed by atoms with Crippen LogP contribution in [0.15, 0.2) is 48.5 Å². The monoisotopic (exact) mass is 309 g/mol. The van der Waals surface area contributed by atoms with Crippen LogP contribution in [0.4, 0.5) is 5.69 Å². The van der Waals surface area contributed by atoms with Gasteiger partial charge in [0.2, 0.25) is 0 Å². The molecule has 1 N–H and O–H groups in total. The lowest BCUT2D eigenvalue weighted by molar-refractivity contribution is -0.105. The van der Waals surface area contributed by atoms with Crippen LogP contribution in [0.2, 0.25) is 0 Å². The van der Waals surface area contributed by atoms with Crippen LogP contribution in [0.5, 0.6) is 11.5 Å². The van der Waals surface area contributed by atoms with E-state index < -0.39 is 5.79 Å². The molecule has 4 nitrogen and oxygen atoms in total. The molecule has 0 unspecified atom stereocenters. The predicted octanol–water partition coefficient (Wildman–Crippen LogP) is 4.37. The van der Waals surface area contributed by atoms with Gasteiger partial charge in [0.25, 0.3) is 11.7 Å². The minimum atomic E-state index is -0.483. The molecular formula is C19H19NO3. The van der Waals surface area contributed by atoms with E-state index in [-0.39, 0.29) is 5.91 Å². The Morgan fingerprint density at radius 3 is 2.43 bits per heavy atom. The molecule has 1 fully saturated rings. The highest BCUT2D eigenvalue weighted by atomic mass is 16.7. The number of rotatable bonds is 2. The Morgan fingerprint density at radius 1 is 0.913 bits per heavy atom. The molecule has 0 atom stereocenters. The molecular weight excluding hydrogens is 290 g/mol. The van der Waals surface area contributed by atoms with Gasteiger partial charge >= 0.3 is 0 Å². The van der Waals surface area contributed by atoms with Crippen molar-refractivity contribution in [1.82, 2.24) is 0 Å². The molecule has 1 aliphatic heterocycles. The molecule has 1 aliphatic carbocycles. The van der Waals surface area contributed by atoms with E-state index in [4.69, 9.17) is 9.47 Å². The number of ether oxygens (including phenoxy) is 2. The molecule has 2 aromatic carbocycles. The first-order chi connectivity index (χ1) is 11.2. The van der Waals surface area contributed by atoms with Crippen LogP contribution in [0.1, 0.15) is 42.5 Å². The van der Waals surface area contributed by atoms with Crippen molar-refractivity contribution in [1.29, 1.82) is 0 Å². The Labute approximate surface area is 135 Å². The Morgan fingerprint density at radius 2 is 1.65 bits per heavy atom. The Bertz CT molecular complexity index is 721. The van der Waals surface area contributed by atoms with Gasteiger partial charge in [-0.25, -0.2) is 0 Å². The second-order valence-electron chi connectivity index (χ2n) is 6.16. The van der Waals surface area contributed by atoms with Gasteiger partial charge in [-0.1, -0.05) is 24.6 Å². The molecule has 2 aliphatic rings. The van der Waals surface area contributed by atoms with Crippen molar-refractivity contribution in [2.45, 2.75) is 37.9 Å². The fourth-order valence-electron chi connectivity index (χ4n) is 3.26. The zero-order valence-corrected chi connectivity index (χ0v) is 12.9. The number of hydrogen-bond acceptors (Lipinski definition) is 3. The molecule has 0 radical (unpaired) electrons. The van der Waals surface area contributed by atoms with E-state index in [2.05, 4.69) is 5.32 Å². The topological polar surface area (TPSA) is 47.6 Å². The van der Waals surface area contributed by atoms with Gasteiger partial charge in [-0.2, -0.15) is 0 Å². The smallest absolute Gasteiger partial charge is 0.255 e. The van der Waals surface area contributed by atoms with E-state index in [1.54, 1.807) is 12.1 Å². The molecule has 1 spiro atoms. The zero-order chi connectivity index (χ0) is 15.7. The Balaban J connectivity index is 1.51.